The molecule has 0 atom stereocenters. The van der Waals surface area contributed by atoms with Crippen molar-refractivity contribution in [2.75, 3.05) is 31.8 Å². The summed E-state index contributed by atoms with van der Waals surface area (Å²) in [5, 5.41) is 0.732. The van der Waals surface area contributed by atoms with Gasteiger partial charge in [-0.3, -0.25) is 4.79 Å². The molecule has 2 aromatic carbocycles. The smallest absolute Gasteiger partial charge is 0.223 e. The molecule has 128 valence electrons. The first kappa shape index (κ1) is 18.7. The van der Waals surface area contributed by atoms with Crippen molar-refractivity contribution >= 4 is 35.0 Å². The molecule has 0 aliphatic carbocycles. The minimum Gasteiger partial charge on any atom is -0.378 e. The Balaban J connectivity index is 1.78. The second-order valence-electron chi connectivity index (χ2n) is 5.86. The van der Waals surface area contributed by atoms with E-state index in [1.165, 1.54) is 0 Å². The van der Waals surface area contributed by atoms with E-state index in [-0.39, 0.29) is 5.91 Å². The molecule has 0 spiro atoms. The first-order valence-electron chi connectivity index (χ1n) is 7.84. The minimum atomic E-state index is 0.160. The van der Waals surface area contributed by atoms with Gasteiger partial charge >= 0.3 is 0 Å². The molecule has 2 rings (SSSR count). The van der Waals surface area contributed by atoms with Crippen molar-refractivity contribution in [1.82, 2.24) is 4.90 Å². The standard InChI is InChI=1S/C19H23ClN2OS/c1-21(2)17-8-4-15(5-9-17)14-22(3)19(23)12-13-24-18-10-6-16(20)7-11-18/h4-11H,12-14H2,1-3H3. The number of halogens is 1. The van der Waals surface area contributed by atoms with Crippen molar-refractivity contribution in [2.24, 2.45) is 0 Å². The Labute approximate surface area is 153 Å². The fourth-order valence-electron chi connectivity index (χ4n) is 2.24. The van der Waals surface area contributed by atoms with Gasteiger partial charge in [-0.2, -0.15) is 0 Å². The molecule has 1 amide bonds. The van der Waals surface area contributed by atoms with Crippen LogP contribution in [0, 0.1) is 0 Å². The third-order valence-electron chi connectivity index (χ3n) is 3.70. The van der Waals surface area contributed by atoms with E-state index in [1.807, 2.05) is 45.4 Å². The molecule has 0 unspecified atom stereocenters. The topological polar surface area (TPSA) is 23.6 Å². The summed E-state index contributed by atoms with van der Waals surface area (Å²) in [5.41, 5.74) is 2.30. The van der Waals surface area contributed by atoms with E-state index in [1.54, 1.807) is 16.7 Å². The molecule has 0 aromatic heterocycles. The van der Waals surface area contributed by atoms with Gasteiger partial charge in [0, 0.05) is 55.5 Å². The molecule has 0 aliphatic heterocycles. The lowest BCUT2D eigenvalue weighted by Crippen LogP contribution is -2.26. The third-order valence-corrected chi connectivity index (χ3v) is 4.96. The Morgan fingerprint density at radius 2 is 1.62 bits per heavy atom. The van der Waals surface area contributed by atoms with Crippen LogP contribution in [0.3, 0.4) is 0 Å². The highest BCUT2D eigenvalue weighted by atomic mass is 35.5. The number of nitrogens with zero attached hydrogens (tertiary/aromatic N) is 2. The summed E-state index contributed by atoms with van der Waals surface area (Å²) in [7, 11) is 5.89. The molecular weight excluding hydrogens is 340 g/mol. The van der Waals surface area contributed by atoms with Crippen LogP contribution >= 0.6 is 23.4 Å². The molecule has 3 nitrogen and oxygen atoms in total. The first-order chi connectivity index (χ1) is 11.5. The summed E-state index contributed by atoms with van der Waals surface area (Å²) < 4.78 is 0. The van der Waals surface area contributed by atoms with Crippen LogP contribution in [-0.4, -0.2) is 37.7 Å². The van der Waals surface area contributed by atoms with Gasteiger partial charge < -0.3 is 9.80 Å². The molecule has 0 bridgehead atoms. The molecule has 0 saturated heterocycles. The fraction of sp³-hybridized carbons (Fsp3) is 0.316. The zero-order valence-electron chi connectivity index (χ0n) is 14.3. The van der Waals surface area contributed by atoms with Gasteiger partial charge in [0.15, 0.2) is 0 Å². The van der Waals surface area contributed by atoms with E-state index in [4.69, 9.17) is 11.6 Å². The van der Waals surface area contributed by atoms with Crippen LogP contribution in [0.1, 0.15) is 12.0 Å². The molecule has 0 heterocycles. The Bertz CT molecular complexity index is 656. The van der Waals surface area contributed by atoms with Gasteiger partial charge in [-0.05, 0) is 42.0 Å². The summed E-state index contributed by atoms with van der Waals surface area (Å²) >= 11 is 7.54. The second-order valence-corrected chi connectivity index (χ2v) is 7.47. The number of amides is 1. The molecule has 5 heteroatoms. The van der Waals surface area contributed by atoms with Gasteiger partial charge in [-0.15, -0.1) is 11.8 Å². The van der Waals surface area contributed by atoms with Gasteiger partial charge in [0.2, 0.25) is 5.91 Å². The lowest BCUT2D eigenvalue weighted by Gasteiger charge is -2.18. The maximum absolute atomic E-state index is 12.3. The quantitative estimate of drug-likeness (QED) is 0.675. The highest BCUT2D eigenvalue weighted by Crippen LogP contribution is 2.21. The maximum Gasteiger partial charge on any atom is 0.223 e. The average molecular weight is 363 g/mol. The Kier molecular flexibility index (Phi) is 7.00. The van der Waals surface area contributed by atoms with Crippen LogP contribution in [0.2, 0.25) is 5.02 Å². The summed E-state index contributed by atoms with van der Waals surface area (Å²) in [6.07, 6.45) is 0.527. The van der Waals surface area contributed by atoms with E-state index in [0.717, 1.165) is 26.9 Å². The van der Waals surface area contributed by atoms with Crippen molar-refractivity contribution in [2.45, 2.75) is 17.9 Å². The van der Waals surface area contributed by atoms with Crippen LogP contribution in [0.5, 0.6) is 0 Å². The Hall–Kier alpha value is -1.65. The number of benzene rings is 2. The molecular formula is C19H23ClN2OS. The zero-order chi connectivity index (χ0) is 17.5. The highest BCUT2D eigenvalue weighted by Gasteiger charge is 2.09. The normalized spacial score (nSPS) is 10.5. The average Bonchev–Trinajstić information content (AvgIpc) is 2.57. The van der Waals surface area contributed by atoms with Crippen LogP contribution in [0.15, 0.2) is 53.4 Å². The van der Waals surface area contributed by atoms with Gasteiger partial charge in [-0.1, -0.05) is 23.7 Å². The van der Waals surface area contributed by atoms with E-state index in [9.17, 15) is 4.79 Å². The molecule has 0 N–H and O–H groups in total. The predicted molar refractivity (Wildman–Crippen MR) is 104 cm³/mol. The molecule has 0 fully saturated rings. The summed E-state index contributed by atoms with van der Waals surface area (Å²) in [5.74, 6) is 0.929. The fourth-order valence-corrected chi connectivity index (χ4v) is 3.21. The van der Waals surface area contributed by atoms with E-state index in [0.29, 0.717) is 13.0 Å². The number of carbonyl (C=O) groups excluding carboxylic acids is 1. The largest absolute Gasteiger partial charge is 0.378 e. The number of anilines is 1. The van der Waals surface area contributed by atoms with Gasteiger partial charge in [-0.25, -0.2) is 0 Å². The Morgan fingerprint density at radius 1 is 1.00 bits per heavy atom. The minimum absolute atomic E-state index is 0.160. The van der Waals surface area contributed by atoms with E-state index >= 15 is 0 Å². The first-order valence-corrected chi connectivity index (χ1v) is 9.20. The van der Waals surface area contributed by atoms with Crippen molar-refractivity contribution in [3.63, 3.8) is 0 Å². The SMILES string of the molecule is CN(Cc1ccc(N(C)C)cc1)C(=O)CCSc1ccc(Cl)cc1. The zero-order valence-corrected chi connectivity index (χ0v) is 15.9. The molecule has 0 radical (unpaired) electrons. The predicted octanol–water partition coefficient (Wildman–Crippen LogP) is 4.55. The van der Waals surface area contributed by atoms with Crippen LogP contribution in [0.25, 0.3) is 0 Å². The van der Waals surface area contributed by atoms with E-state index in [2.05, 4.69) is 29.2 Å². The summed E-state index contributed by atoms with van der Waals surface area (Å²) in [4.78, 5) is 17.2. The van der Waals surface area contributed by atoms with Crippen LogP contribution in [-0.2, 0) is 11.3 Å². The van der Waals surface area contributed by atoms with Crippen molar-refractivity contribution in [1.29, 1.82) is 0 Å². The molecule has 0 saturated carbocycles. The lowest BCUT2D eigenvalue weighted by molar-refractivity contribution is -0.129. The number of carbonyl (C=O) groups is 1. The molecule has 24 heavy (non-hydrogen) atoms. The molecule has 0 aliphatic rings. The van der Waals surface area contributed by atoms with Gasteiger partial charge in [0.1, 0.15) is 0 Å². The highest BCUT2D eigenvalue weighted by molar-refractivity contribution is 7.99. The number of thioether (sulfide) groups is 1. The van der Waals surface area contributed by atoms with Gasteiger partial charge in [0.05, 0.1) is 0 Å². The lowest BCUT2D eigenvalue weighted by atomic mass is 10.2. The third kappa shape index (κ3) is 5.77. The van der Waals surface area contributed by atoms with Crippen LogP contribution in [0.4, 0.5) is 5.69 Å². The maximum atomic E-state index is 12.3. The number of rotatable bonds is 7. The Morgan fingerprint density at radius 3 is 2.21 bits per heavy atom. The monoisotopic (exact) mass is 362 g/mol. The molecule has 2 aromatic rings. The van der Waals surface area contributed by atoms with E-state index < -0.39 is 0 Å². The summed E-state index contributed by atoms with van der Waals surface area (Å²) in [6, 6.07) is 16.0. The van der Waals surface area contributed by atoms with Crippen molar-refractivity contribution in [3.05, 3.63) is 59.1 Å². The van der Waals surface area contributed by atoms with Crippen molar-refractivity contribution < 1.29 is 4.79 Å². The van der Waals surface area contributed by atoms with Crippen LogP contribution < -0.4 is 4.90 Å². The van der Waals surface area contributed by atoms with Gasteiger partial charge in [0.25, 0.3) is 0 Å². The number of hydrogen-bond acceptors (Lipinski definition) is 3. The second kappa shape index (κ2) is 9.00. The number of hydrogen-bond donors (Lipinski definition) is 0. The summed E-state index contributed by atoms with van der Waals surface area (Å²) in [6.45, 7) is 0.637. The van der Waals surface area contributed by atoms with Crippen molar-refractivity contribution in [3.8, 4) is 0 Å².